The van der Waals surface area contributed by atoms with E-state index in [9.17, 15) is 4.79 Å². The largest absolute Gasteiger partial charge is 0.339 e. The molecule has 0 aliphatic rings. The number of aromatic nitrogens is 2. The van der Waals surface area contributed by atoms with E-state index in [0.717, 1.165) is 12.0 Å². The van der Waals surface area contributed by atoms with Gasteiger partial charge in [0.15, 0.2) is 5.82 Å². The molecule has 0 spiro atoms. The van der Waals surface area contributed by atoms with Crippen LogP contribution in [0.2, 0.25) is 5.02 Å². The summed E-state index contributed by atoms with van der Waals surface area (Å²) in [6.45, 7) is 6.59. The van der Waals surface area contributed by atoms with Crippen molar-refractivity contribution in [2.75, 3.05) is 0 Å². The molecule has 0 N–H and O–H groups in total. The number of hydrogen-bond donors (Lipinski definition) is 0. The Labute approximate surface area is 148 Å². The van der Waals surface area contributed by atoms with Crippen molar-refractivity contribution < 1.29 is 9.32 Å². The lowest BCUT2D eigenvalue weighted by atomic mass is 10.1. The molecule has 0 radical (unpaired) electrons. The molecule has 1 aromatic heterocycles. The number of hydrogen-bond acceptors (Lipinski definition) is 4. The first-order chi connectivity index (χ1) is 11.5. The third-order valence-corrected chi connectivity index (χ3v) is 4.03. The molecule has 1 aromatic carbocycles. The monoisotopic (exact) mass is 349 g/mol. The van der Waals surface area contributed by atoms with Crippen LogP contribution in [0.15, 0.2) is 28.8 Å². The van der Waals surface area contributed by atoms with Gasteiger partial charge >= 0.3 is 0 Å². The zero-order valence-corrected chi connectivity index (χ0v) is 15.2. The normalized spacial score (nSPS) is 11.0. The Bertz CT molecular complexity index is 670. The Morgan fingerprint density at radius 1 is 1.38 bits per heavy atom. The highest BCUT2D eigenvalue weighted by molar-refractivity contribution is 6.30. The zero-order chi connectivity index (χ0) is 17.5. The summed E-state index contributed by atoms with van der Waals surface area (Å²) >= 11 is 6.03. The summed E-state index contributed by atoms with van der Waals surface area (Å²) in [5.74, 6) is 1.44. The number of halogens is 1. The molecule has 0 unspecified atom stereocenters. The molecule has 130 valence electrons. The Kier molecular flexibility index (Phi) is 6.79. The van der Waals surface area contributed by atoms with E-state index in [4.69, 9.17) is 16.1 Å². The lowest BCUT2D eigenvalue weighted by Gasteiger charge is -2.27. The van der Waals surface area contributed by atoms with Gasteiger partial charge in [0.2, 0.25) is 11.8 Å². The molecule has 0 fully saturated rings. The van der Waals surface area contributed by atoms with Gasteiger partial charge in [-0.25, -0.2) is 0 Å². The van der Waals surface area contributed by atoms with E-state index >= 15 is 0 Å². The summed E-state index contributed by atoms with van der Waals surface area (Å²) in [5, 5.41) is 4.55. The highest BCUT2D eigenvalue weighted by Crippen LogP contribution is 2.16. The topological polar surface area (TPSA) is 59.2 Å². The molecule has 0 atom stereocenters. The van der Waals surface area contributed by atoms with E-state index in [-0.39, 0.29) is 11.9 Å². The summed E-state index contributed by atoms with van der Waals surface area (Å²) in [7, 11) is 0. The second-order valence-electron chi connectivity index (χ2n) is 6.06. The lowest BCUT2D eigenvalue weighted by Crippen LogP contribution is -2.36. The summed E-state index contributed by atoms with van der Waals surface area (Å²) in [4.78, 5) is 18.7. The van der Waals surface area contributed by atoms with E-state index in [2.05, 4.69) is 10.1 Å². The Morgan fingerprint density at radius 3 is 2.79 bits per heavy atom. The number of carbonyl (C=O) groups excluding carboxylic acids is 1. The zero-order valence-electron chi connectivity index (χ0n) is 14.5. The van der Waals surface area contributed by atoms with Gasteiger partial charge in [-0.15, -0.1) is 0 Å². The molecular formula is C18H24ClN3O2. The average Bonchev–Trinajstić information content (AvgIpc) is 3.00. The first-order valence-electron chi connectivity index (χ1n) is 8.35. The fourth-order valence-corrected chi connectivity index (χ4v) is 2.67. The maximum Gasteiger partial charge on any atom is 0.226 e. The number of nitrogens with zero attached hydrogens (tertiary/aromatic N) is 3. The predicted molar refractivity (Wildman–Crippen MR) is 93.8 cm³/mol. The van der Waals surface area contributed by atoms with Crippen molar-refractivity contribution in [1.82, 2.24) is 15.0 Å². The van der Waals surface area contributed by atoms with Crippen molar-refractivity contribution in [2.45, 2.75) is 59.0 Å². The molecule has 5 nitrogen and oxygen atoms in total. The van der Waals surface area contributed by atoms with E-state index in [1.165, 1.54) is 0 Å². The minimum Gasteiger partial charge on any atom is -0.339 e. The van der Waals surface area contributed by atoms with Crippen LogP contribution in [0, 0.1) is 0 Å². The Morgan fingerprint density at radius 2 is 2.17 bits per heavy atom. The van der Waals surface area contributed by atoms with Gasteiger partial charge in [0, 0.05) is 36.9 Å². The smallest absolute Gasteiger partial charge is 0.226 e. The molecule has 2 rings (SSSR count). The van der Waals surface area contributed by atoms with Crippen molar-refractivity contribution in [3.8, 4) is 0 Å². The van der Waals surface area contributed by atoms with Crippen LogP contribution in [0.3, 0.4) is 0 Å². The van der Waals surface area contributed by atoms with Gasteiger partial charge in [0.25, 0.3) is 0 Å². The predicted octanol–water partition coefficient (Wildman–Crippen LogP) is 4.05. The fraction of sp³-hybridized carbons (Fsp3) is 0.500. The molecule has 1 heterocycles. The van der Waals surface area contributed by atoms with Crippen LogP contribution in [-0.2, 0) is 24.2 Å². The maximum absolute atomic E-state index is 12.6. The summed E-state index contributed by atoms with van der Waals surface area (Å²) in [5.41, 5.74) is 1.04. The van der Waals surface area contributed by atoms with Gasteiger partial charge in [-0.2, -0.15) is 4.98 Å². The molecule has 6 heteroatoms. The summed E-state index contributed by atoms with van der Waals surface area (Å²) < 4.78 is 5.15. The standard InChI is InChI=1S/C18H24ClN3O2/c1-4-16-20-17(24-21-16)9-6-10-18(23)22(13(2)3)12-14-7-5-8-15(19)11-14/h5,7-8,11,13H,4,6,9-10,12H2,1-3H3. The molecular weight excluding hydrogens is 326 g/mol. The van der Waals surface area contributed by atoms with Gasteiger partial charge in [0.1, 0.15) is 0 Å². The third-order valence-electron chi connectivity index (χ3n) is 3.79. The van der Waals surface area contributed by atoms with Crippen LogP contribution in [0.4, 0.5) is 0 Å². The van der Waals surface area contributed by atoms with Crippen molar-refractivity contribution >= 4 is 17.5 Å². The van der Waals surface area contributed by atoms with Crippen LogP contribution in [-0.4, -0.2) is 27.0 Å². The number of benzene rings is 1. The molecule has 0 saturated carbocycles. The van der Waals surface area contributed by atoms with Crippen LogP contribution >= 0.6 is 11.6 Å². The minimum atomic E-state index is 0.125. The quantitative estimate of drug-likeness (QED) is 0.721. The van der Waals surface area contributed by atoms with Gasteiger partial charge in [0.05, 0.1) is 0 Å². The number of aryl methyl sites for hydroxylation is 2. The molecule has 2 aromatic rings. The molecule has 0 aliphatic heterocycles. The first-order valence-corrected chi connectivity index (χ1v) is 8.72. The third kappa shape index (κ3) is 5.34. The lowest BCUT2D eigenvalue weighted by molar-refractivity contribution is -0.133. The fourth-order valence-electron chi connectivity index (χ4n) is 2.46. The summed E-state index contributed by atoms with van der Waals surface area (Å²) in [6, 6.07) is 7.75. The van der Waals surface area contributed by atoms with Crippen LogP contribution in [0.25, 0.3) is 0 Å². The summed E-state index contributed by atoms with van der Waals surface area (Å²) in [6.07, 6.45) is 2.54. The highest BCUT2D eigenvalue weighted by Gasteiger charge is 2.17. The van der Waals surface area contributed by atoms with E-state index in [1.54, 1.807) is 0 Å². The van der Waals surface area contributed by atoms with Crippen LogP contribution in [0.5, 0.6) is 0 Å². The highest BCUT2D eigenvalue weighted by atomic mass is 35.5. The SMILES string of the molecule is CCc1noc(CCCC(=O)N(Cc2cccc(Cl)c2)C(C)C)n1. The second-order valence-corrected chi connectivity index (χ2v) is 6.49. The van der Waals surface area contributed by atoms with Gasteiger partial charge < -0.3 is 9.42 Å². The molecule has 24 heavy (non-hydrogen) atoms. The van der Waals surface area contributed by atoms with Crippen LogP contribution in [0.1, 0.15) is 50.9 Å². The van der Waals surface area contributed by atoms with E-state index in [1.807, 2.05) is 49.9 Å². The molecule has 0 aliphatic carbocycles. The molecule has 0 saturated heterocycles. The maximum atomic E-state index is 12.6. The van der Waals surface area contributed by atoms with Crippen molar-refractivity contribution in [3.63, 3.8) is 0 Å². The van der Waals surface area contributed by atoms with Crippen LogP contribution < -0.4 is 0 Å². The Hall–Kier alpha value is -1.88. The second kappa shape index (κ2) is 8.83. The number of carbonyl (C=O) groups is 1. The van der Waals surface area contributed by atoms with Gasteiger partial charge in [-0.05, 0) is 38.0 Å². The molecule has 1 amide bonds. The van der Waals surface area contributed by atoms with E-state index in [0.29, 0.717) is 42.5 Å². The van der Waals surface area contributed by atoms with Crippen molar-refractivity contribution in [1.29, 1.82) is 0 Å². The molecule has 0 bridgehead atoms. The first kappa shape index (κ1) is 18.5. The van der Waals surface area contributed by atoms with Gasteiger partial charge in [-0.3, -0.25) is 4.79 Å². The number of rotatable bonds is 8. The average molecular weight is 350 g/mol. The van der Waals surface area contributed by atoms with Crippen molar-refractivity contribution in [3.05, 3.63) is 46.6 Å². The van der Waals surface area contributed by atoms with Crippen molar-refractivity contribution in [2.24, 2.45) is 0 Å². The minimum absolute atomic E-state index is 0.125. The van der Waals surface area contributed by atoms with E-state index < -0.39 is 0 Å². The Balaban J connectivity index is 1.89. The number of amides is 1. The van der Waals surface area contributed by atoms with Gasteiger partial charge in [-0.1, -0.05) is 35.8 Å².